The number of rotatable bonds is 4. The molecule has 1 fully saturated rings. The molecule has 1 atom stereocenters. The van der Waals surface area contributed by atoms with Gasteiger partial charge in [-0.25, -0.2) is 0 Å². The third-order valence-electron chi connectivity index (χ3n) is 3.99. The SMILES string of the molecule is CCn1ccc(CC2(C(C)C)CCC(=O)N2)c1. The molecular weight excluding hydrogens is 212 g/mol. The Morgan fingerprint density at radius 2 is 2.29 bits per heavy atom. The Balaban J connectivity index is 2.16. The Labute approximate surface area is 103 Å². The van der Waals surface area contributed by atoms with Gasteiger partial charge in [0.25, 0.3) is 0 Å². The van der Waals surface area contributed by atoms with Gasteiger partial charge in [0.1, 0.15) is 0 Å². The highest BCUT2D eigenvalue weighted by atomic mass is 16.2. The first-order valence-electron chi connectivity index (χ1n) is 6.51. The summed E-state index contributed by atoms with van der Waals surface area (Å²) < 4.78 is 2.18. The lowest BCUT2D eigenvalue weighted by molar-refractivity contribution is -0.120. The number of nitrogens with one attached hydrogen (secondary N) is 1. The predicted molar refractivity (Wildman–Crippen MR) is 68.8 cm³/mol. The molecule has 3 nitrogen and oxygen atoms in total. The van der Waals surface area contributed by atoms with Crippen molar-refractivity contribution >= 4 is 5.91 Å². The molecule has 94 valence electrons. The van der Waals surface area contributed by atoms with E-state index in [4.69, 9.17) is 0 Å². The zero-order chi connectivity index (χ0) is 12.5. The minimum Gasteiger partial charge on any atom is -0.354 e. The summed E-state index contributed by atoms with van der Waals surface area (Å²) in [6, 6.07) is 2.16. The van der Waals surface area contributed by atoms with Crippen LogP contribution in [0.2, 0.25) is 0 Å². The number of carbonyl (C=O) groups excluding carboxylic acids is 1. The molecule has 0 aromatic carbocycles. The first-order valence-corrected chi connectivity index (χ1v) is 6.51. The molecule has 1 aliphatic heterocycles. The molecule has 1 N–H and O–H groups in total. The summed E-state index contributed by atoms with van der Waals surface area (Å²) in [5.41, 5.74) is 1.29. The number of hydrogen-bond donors (Lipinski definition) is 1. The quantitative estimate of drug-likeness (QED) is 0.852. The van der Waals surface area contributed by atoms with Crippen LogP contribution in [0.15, 0.2) is 18.5 Å². The van der Waals surface area contributed by atoms with E-state index in [1.54, 1.807) is 0 Å². The molecular formula is C14H22N2O. The van der Waals surface area contributed by atoms with Crippen molar-refractivity contribution in [3.05, 3.63) is 24.0 Å². The fourth-order valence-electron chi connectivity index (χ4n) is 2.67. The minimum absolute atomic E-state index is 0.0307. The molecule has 0 aliphatic carbocycles. The summed E-state index contributed by atoms with van der Waals surface area (Å²) in [6.07, 6.45) is 6.88. The van der Waals surface area contributed by atoms with Gasteiger partial charge in [0.15, 0.2) is 0 Å². The van der Waals surface area contributed by atoms with Crippen LogP contribution in [-0.2, 0) is 17.8 Å². The van der Waals surface area contributed by atoms with Crippen molar-refractivity contribution in [1.82, 2.24) is 9.88 Å². The van der Waals surface area contributed by atoms with Gasteiger partial charge in [-0.1, -0.05) is 13.8 Å². The summed E-state index contributed by atoms with van der Waals surface area (Å²) in [5.74, 6) is 0.674. The van der Waals surface area contributed by atoms with Crippen molar-refractivity contribution in [1.29, 1.82) is 0 Å². The van der Waals surface area contributed by atoms with Gasteiger partial charge in [0.05, 0.1) is 0 Å². The highest BCUT2D eigenvalue weighted by Crippen LogP contribution is 2.31. The number of amides is 1. The van der Waals surface area contributed by atoms with Crippen molar-refractivity contribution in [2.75, 3.05) is 0 Å². The zero-order valence-corrected chi connectivity index (χ0v) is 11.0. The molecule has 0 saturated carbocycles. The first-order chi connectivity index (χ1) is 8.05. The largest absolute Gasteiger partial charge is 0.354 e. The van der Waals surface area contributed by atoms with E-state index in [0.29, 0.717) is 12.3 Å². The van der Waals surface area contributed by atoms with Crippen LogP contribution in [0.3, 0.4) is 0 Å². The van der Waals surface area contributed by atoms with Gasteiger partial charge >= 0.3 is 0 Å². The van der Waals surface area contributed by atoms with E-state index in [-0.39, 0.29) is 11.4 Å². The fourth-order valence-corrected chi connectivity index (χ4v) is 2.67. The number of hydrogen-bond acceptors (Lipinski definition) is 1. The average Bonchev–Trinajstić information content (AvgIpc) is 2.87. The van der Waals surface area contributed by atoms with Gasteiger partial charge < -0.3 is 9.88 Å². The van der Waals surface area contributed by atoms with Crippen molar-refractivity contribution < 1.29 is 4.79 Å². The highest BCUT2D eigenvalue weighted by Gasteiger charge is 2.40. The van der Waals surface area contributed by atoms with Crippen molar-refractivity contribution in [3.63, 3.8) is 0 Å². The molecule has 1 saturated heterocycles. The molecule has 1 amide bonds. The van der Waals surface area contributed by atoms with E-state index in [1.807, 2.05) is 0 Å². The molecule has 2 rings (SSSR count). The standard InChI is InChI=1S/C14H22N2O/c1-4-16-8-6-12(10-16)9-14(11(2)3)7-5-13(17)15-14/h6,8,10-11H,4-5,7,9H2,1-3H3,(H,15,17). The van der Waals surface area contributed by atoms with Gasteiger partial charge in [0.2, 0.25) is 5.91 Å². The predicted octanol–water partition coefficient (Wildman–Crippen LogP) is 2.36. The lowest BCUT2D eigenvalue weighted by Crippen LogP contribution is -2.48. The van der Waals surface area contributed by atoms with Crippen LogP contribution >= 0.6 is 0 Å². The maximum Gasteiger partial charge on any atom is 0.220 e. The van der Waals surface area contributed by atoms with E-state index in [9.17, 15) is 4.79 Å². The van der Waals surface area contributed by atoms with Crippen LogP contribution in [0.25, 0.3) is 0 Å². The number of nitrogens with zero attached hydrogens (tertiary/aromatic N) is 1. The first kappa shape index (κ1) is 12.2. The van der Waals surface area contributed by atoms with E-state index in [0.717, 1.165) is 19.4 Å². The van der Waals surface area contributed by atoms with Crippen LogP contribution in [0.4, 0.5) is 0 Å². The zero-order valence-electron chi connectivity index (χ0n) is 11.0. The molecule has 1 aliphatic rings. The molecule has 1 aromatic heterocycles. The Morgan fingerprint density at radius 3 is 2.76 bits per heavy atom. The van der Waals surface area contributed by atoms with Gasteiger partial charge in [-0.2, -0.15) is 0 Å². The Bertz CT molecular complexity index is 408. The van der Waals surface area contributed by atoms with Crippen LogP contribution in [0.1, 0.15) is 39.2 Å². The summed E-state index contributed by atoms with van der Waals surface area (Å²) in [6.45, 7) is 7.53. The molecule has 3 heteroatoms. The van der Waals surface area contributed by atoms with E-state index >= 15 is 0 Å². The van der Waals surface area contributed by atoms with Crippen molar-refractivity contribution in [2.45, 2.75) is 52.1 Å². The van der Waals surface area contributed by atoms with E-state index < -0.39 is 0 Å². The summed E-state index contributed by atoms with van der Waals surface area (Å²) >= 11 is 0. The second-order valence-electron chi connectivity index (χ2n) is 5.39. The smallest absolute Gasteiger partial charge is 0.220 e. The Kier molecular flexibility index (Phi) is 3.27. The third-order valence-corrected chi connectivity index (χ3v) is 3.99. The van der Waals surface area contributed by atoms with Crippen molar-refractivity contribution in [2.24, 2.45) is 5.92 Å². The summed E-state index contributed by atoms with van der Waals surface area (Å²) in [4.78, 5) is 11.5. The van der Waals surface area contributed by atoms with E-state index in [1.165, 1.54) is 5.56 Å². The maximum absolute atomic E-state index is 11.5. The van der Waals surface area contributed by atoms with Crippen LogP contribution in [0.5, 0.6) is 0 Å². The Morgan fingerprint density at radius 1 is 1.53 bits per heavy atom. The normalized spacial score (nSPS) is 24.4. The number of carbonyl (C=O) groups is 1. The lowest BCUT2D eigenvalue weighted by atomic mass is 9.80. The second-order valence-corrected chi connectivity index (χ2v) is 5.39. The molecule has 1 unspecified atom stereocenters. The lowest BCUT2D eigenvalue weighted by Gasteiger charge is -2.33. The average molecular weight is 234 g/mol. The molecule has 17 heavy (non-hydrogen) atoms. The molecule has 0 bridgehead atoms. The fraction of sp³-hybridized carbons (Fsp3) is 0.643. The molecule has 1 aromatic rings. The van der Waals surface area contributed by atoms with Gasteiger partial charge in [0, 0.05) is 30.9 Å². The third kappa shape index (κ3) is 2.38. The van der Waals surface area contributed by atoms with E-state index in [2.05, 4.69) is 49.1 Å². The molecule has 2 heterocycles. The number of aromatic nitrogens is 1. The second kappa shape index (κ2) is 4.55. The monoisotopic (exact) mass is 234 g/mol. The van der Waals surface area contributed by atoms with Crippen LogP contribution in [-0.4, -0.2) is 16.0 Å². The topological polar surface area (TPSA) is 34.0 Å². The van der Waals surface area contributed by atoms with Gasteiger partial charge in [-0.05, 0) is 37.3 Å². The summed E-state index contributed by atoms with van der Waals surface area (Å²) in [5, 5.41) is 3.19. The van der Waals surface area contributed by atoms with Crippen molar-refractivity contribution in [3.8, 4) is 0 Å². The Hall–Kier alpha value is -1.25. The van der Waals surface area contributed by atoms with Gasteiger partial charge in [-0.3, -0.25) is 4.79 Å². The molecule has 0 spiro atoms. The summed E-state index contributed by atoms with van der Waals surface area (Å²) in [7, 11) is 0. The highest BCUT2D eigenvalue weighted by molar-refractivity contribution is 5.79. The number of aryl methyl sites for hydroxylation is 1. The maximum atomic E-state index is 11.5. The molecule has 0 radical (unpaired) electrons. The van der Waals surface area contributed by atoms with Crippen LogP contribution < -0.4 is 5.32 Å². The van der Waals surface area contributed by atoms with Gasteiger partial charge in [-0.15, -0.1) is 0 Å². The minimum atomic E-state index is -0.0307. The van der Waals surface area contributed by atoms with Crippen LogP contribution in [0, 0.1) is 5.92 Å².